The number of hydrogen-bond acceptors (Lipinski definition) is 3. The Bertz CT molecular complexity index is 664. The van der Waals surface area contributed by atoms with Gasteiger partial charge in [0.2, 0.25) is 0 Å². The number of nitrogens with zero attached hydrogens (tertiary/aromatic N) is 2. The van der Waals surface area contributed by atoms with Crippen molar-refractivity contribution >= 4 is 67.1 Å². The summed E-state index contributed by atoms with van der Waals surface area (Å²) in [7, 11) is 0. The third-order valence-corrected chi connectivity index (χ3v) is 3.78. The number of fused-ring (bicyclic) bond motifs is 1. The number of carbonyl (C=O) groups excluding carboxylic acids is 1. The summed E-state index contributed by atoms with van der Waals surface area (Å²) in [6.45, 7) is 5.45. The van der Waals surface area contributed by atoms with Crippen LogP contribution in [0.4, 0.5) is 4.79 Å². The molecule has 19 heavy (non-hydrogen) atoms. The lowest BCUT2D eigenvalue weighted by Crippen LogP contribution is -2.26. The molecule has 2 heterocycles. The molecule has 0 unspecified atom stereocenters. The minimum absolute atomic E-state index is 0.262. The van der Waals surface area contributed by atoms with Crippen molar-refractivity contribution in [2.75, 3.05) is 0 Å². The van der Waals surface area contributed by atoms with Crippen molar-refractivity contribution in [1.29, 1.82) is 0 Å². The summed E-state index contributed by atoms with van der Waals surface area (Å²) in [5.74, 6) is 0. The van der Waals surface area contributed by atoms with Crippen molar-refractivity contribution in [3.63, 3.8) is 0 Å². The largest absolute Gasteiger partial charge is 0.443 e. The van der Waals surface area contributed by atoms with Crippen LogP contribution in [0.3, 0.4) is 0 Å². The number of carbonyl (C=O) groups is 1. The van der Waals surface area contributed by atoms with Gasteiger partial charge in [-0.1, -0.05) is 11.6 Å². The Morgan fingerprint density at radius 3 is 2.74 bits per heavy atom. The van der Waals surface area contributed by atoms with Crippen LogP contribution in [0, 0.1) is 3.57 Å². The lowest BCUT2D eigenvalue weighted by Gasteiger charge is -2.19. The summed E-state index contributed by atoms with van der Waals surface area (Å²) in [6.07, 6.45) is 1.23. The first kappa shape index (κ1) is 15.1. The van der Waals surface area contributed by atoms with Gasteiger partial charge in [-0.05, 0) is 65.4 Å². The smallest absolute Gasteiger partial charge is 0.419 e. The molecule has 0 radical (unpaired) electrons. The molecule has 2 rings (SSSR count). The molecular formula is C12H11BrClIN2O2. The highest BCUT2D eigenvalue weighted by Gasteiger charge is 2.22. The minimum atomic E-state index is -0.561. The normalized spacial score (nSPS) is 11.9. The van der Waals surface area contributed by atoms with E-state index < -0.39 is 11.7 Å². The monoisotopic (exact) mass is 456 g/mol. The topological polar surface area (TPSA) is 44.1 Å². The van der Waals surface area contributed by atoms with Crippen LogP contribution in [0.15, 0.2) is 16.9 Å². The Morgan fingerprint density at radius 2 is 2.16 bits per heavy atom. The molecule has 0 atom stereocenters. The fourth-order valence-corrected chi connectivity index (χ4v) is 3.07. The Hall–Kier alpha value is -0.340. The van der Waals surface area contributed by atoms with Crippen molar-refractivity contribution in [2.24, 2.45) is 0 Å². The second-order valence-electron chi connectivity index (χ2n) is 4.96. The van der Waals surface area contributed by atoms with Crippen LogP contribution in [0.5, 0.6) is 0 Å². The van der Waals surface area contributed by atoms with Gasteiger partial charge in [-0.2, -0.15) is 0 Å². The van der Waals surface area contributed by atoms with E-state index in [1.807, 2.05) is 26.8 Å². The highest BCUT2D eigenvalue weighted by atomic mass is 127. The van der Waals surface area contributed by atoms with Gasteiger partial charge in [-0.25, -0.2) is 14.3 Å². The maximum absolute atomic E-state index is 12.2. The maximum Gasteiger partial charge on any atom is 0.419 e. The van der Waals surface area contributed by atoms with Crippen LogP contribution in [0.2, 0.25) is 5.15 Å². The van der Waals surface area contributed by atoms with Crippen molar-refractivity contribution in [3.05, 3.63) is 25.6 Å². The zero-order valence-electron chi connectivity index (χ0n) is 10.5. The second kappa shape index (κ2) is 5.21. The summed E-state index contributed by atoms with van der Waals surface area (Å²) in [5, 5.41) is 1.12. The van der Waals surface area contributed by atoms with Crippen LogP contribution >= 0.6 is 50.1 Å². The van der Waals surface area contributed by atoms with Crippen LogP contribution in [0.1, 0.15) is 20.8 Å². The third kappa shape index (κ3) is 3.22. The van der Waals surface area contributed by atoms with Gasteiger partial charge in [0.15, 0.2) is 5.15 Å². The predicted octanol–water partition coefficient (Wildman–Crippen LogP) is 4.84. The maximum atomic E-state index is 12.2. The Kier molecular flexibility index (Phi) is 4.13. The molecule has 2 aromatic heterocycles. The van der Waals surface area contributed by atoms with Gasteiger partial charge >= 0.3 is 6.09 Å². The molecule has 0 N–H and O–H groups in total. The van der Waals surface area contributed by atoms with Gasteiger partial charge in [0.25, 0.3) is 0 Å². The summed E-state index contributed by atoms with van der Waals surface area (Å²) >= 11 is 11.6. The summed E-state index contributed by atoms with van der Waals surface area (Å²) in [5.41, 5.74) is -0.00232. The Morgan fingerprint density at radius 1 is 1.53 bits per heavy atom. The average Bonchev–Trinajstić information content (AvgIpc) is 2.54. The molecule has 0 aliphatic rings. The van der Waals surface area contributed by atoms with Gasteiger partial charge in [0, 0.05) is 15.2 Å². The predicted molar refractivity (Wildman–Crippen MR) is 86.8 cm³/mol. The number of aromatic nitrogens is 2. The fraction of sp³-hybridized carbons (Fsp3) is 0.333. The lowest BCUT2D eigenvalue weighted by molar-refractivity contribution is 0.0544. The number of hydrogen-bond donors (Lipinski definition) is 0. The van der Waals surface area contributed by atoms with Crippen molar-refractivity contribution in [2.45, 2.75) is 26.4 Å². The standard InChI is InChI=1S/C12H11BrClIN2O2/c1-12(2,3)19-11(18)17-5-7(15)6-4-8(13)16-10(14)9(6)17/h4-5H,1-3H3. The first-order valence-electron chi connectivity index (χ1n) is 5.45. The molecule has 7 heteroatoms. The van der Waals surface area contributed by atoms with E-state index in [0.29, 0.717) is 10.1 Å². The fourth-order valence-electron chi connectivity index (χ4n) is 1.59. The lowest BCUT2D eigenvalue weighted by atomic mass is 10.2. The summed E-state index contributed by atoms with van der Waals surface area (Å²) < 4.78 is 8.28. The van der Waals surface area contributed by atoms with E-state index in [0.717, 1.165) is 8.96 Å². The summed E-state index contributed by atoms with van der Waals surface area (Å²) in [4.78, 5) is 16.3. The summed E-state index contributed by atoms with van der Waals surface area (Å²) in [6, 6.07) is 1.82. The van der Waals surface area contributed by atoms with Crippen LogP contribution in [-0.4, -0.2) is 21.2 Å². The molecule has 0 aliphatic heterocycles. The van der Waals surface area contributed by atoms with E-state index in [1.165, 1.54) is 4.57 Å². The Labute approximate surface area is 137 Å². The first-order valence-corrected chi connectivity index (χ1v) is 7.70. The van der Waals surface area contributed by atoms with E-state index in [9.17, 15) is 4.79 Å². The van der Waals surface area contributed by atoms with Crippen LogP contribution in [-0.2, 0) is 4.74 Å². The van der Waals surface area contributed by atoms with Crippen molar-refractivity contribution < 1.29 is 9.53 Å². The van der Waals surface area contributed by atoms with Gasteiger partial charge in [0.05, 0.1) is 5.52 Å². The van der Waals surface area contributed by atoms with E-state index >= 15 is 0 Å². The first-order chi connectivity index (χ1) is 8.69. The zero-order chi connectivity index (χ0) is 14.4. The molecule has 0 aromatic carbocycles. The van der Waals surface area contributed by atoms with Gasteiger partial charge < -0.3 is 4.74 Å². The van der Waals surface area contributed by atoms with Crippen molar-refractivity contribution in [3.8, 4) is 0 Å². The number of rotatable bonds is 0. The highest BCUT2D eigenvalue weighted by molar-refractivity contribution is 14.1. The number of pyridine rings is 1. The van der Waals surface area contributed by atoms with E-state index in [4.69, 9.17) is 16.3 Å². The molecule has 0 aliphatic carbocycles. The number of halogens is 3. The molecular weight excluding hydrogens is 446 g/mol. The van der Waals surface area contributed by atoms with E-state index in [1.54, 1.807) is 6.20 Å². The van der Waals surface area contributed by atoms with E-state index in [-0.39, 0.29) is 5.15 Å². The van der Waals surface area contributed by atoms with Gasteiger partial charge in [-0.3, -0.25) is 0 Å². The molecule has 0 amide bonds. The zero-order valence-corrected chi connectivity index (χ0v) is 15.0. The molecule has 4 nitrogen and oxygen atoms in total. The molecule has 2 aromatic rings. The quantitative estimate of drug-likeness (QED) is 0.420. The van der Waals surface area contributed by atoms with E-state index in [2.05, 4.69) is 43.5 Å². The molecule has 0 saturated carbocycles. The van der Waals surface area contributed by atoms with Crippen molar-refractivity contribution in [1.82, 2.24) is 9.55 Å². The van der Waals surface area contributed by atoms with Gasteiger partial charge in [-0.15, -0.1) is 0 Å². The molecule has 102 valence electrons. The number of ether oxygens (including phenoxy) is 1. The van der Waals surface area contributed by atoms with Crippen LogP contribution in [0.25, 0.3) is 10.9 Å². The second-order valence-corrected chi connectivity index (χ2v) is 7.29. The van der Waals surface area contributed by atoms with Gasteiger partial charge in [0.1, 0.15) is 10.2 Å². The molecule has 0 fully saturated rings. The third-order valence-electron chi connectivity index (χ3n) is 2.25. The molecule has 0 spiro atoms. The Balaban J connectivity index is 2.59. The molecule has 0 bridgehead atoms. The SMILES string of the molecule is CC(C)(C)OC(=O)n1cc(I)c2cc(Br)nc(Cl)c21. The van der Waals surface area contributed by atoms with Crippen LogP contribution < -0.4 is 0 Å². The average molecular weight is 457 g/mol. The molecule has 0 saturated heterocycles. The highest BCUT2D eigenvalue weighted by Crippen LogP contribution is 2.30. The minimum Gasteiger partial charge on any atom is -0.443 e.